The zero-order valence-electron chi connectivity index (χ0n) is 40.9. The van der Waals surface area contributed by atoms with Gasteiger partial charge in [-0.25, -0.2) is 0 Å². The maximum atomic E-state index is 5.09. The predicted octanol–water partition coefficient (Wildman–Crippen LogP) is 18.4. The van der Waals surface area contributed by atoms with Crippen molar-refractivity contribution in [3.8, 4) is 11.1 Å². The van der Waals surface area contributed by atoms with E-state index in [1.807, 2.05) is 24.7 Å². The Kier molecular flexibility index (Phi) is 10.1. The van der Waals surface area contributed by atoms with Gasteiger partial charge in [0.15, 0.2) is 0 Å². The Labute approximate surface area is 429 Å². The summed E-state index contributed by atoms with van der Waals surface area (Å²) in [5, 5.41) is 7.71. The summed E-state index contributed by atoms with van der Waals surface area (Å²) in [5.74, 6) is 0. The first-order valence-electron chi connectivity index (χ1n) is 25.2. The minimum absolute atomic E-state index is 0.397. The molecule has 13 aromatic rings. The molecule has 1 aliphatic rings. The first-order chi connectivity index (χ1) is 36.5. The molecule has 0 fully saturated rings. The average Bonchev–Trinajstić information content (AvgIpc) is 3.75. The second-order valence-corrected chi connectivity index (χ2v) is 19.7. The predicted molar refractivity (Wildman–Crippen MR) is 309 cm³/mol. The van der Waals surface area contributed by atoms with Gasteiger partial charge in [0.1, 0.15) is 0 Å². The zero-order valence-corrected chi connectivity index (χ0v) is 40.9. The van der Waals surface area contributed by atoms with Crippen LogP contribution in [0, 0.1) is 0 Å². The molecule has 0 saturated heterocycles. The van der Waals surface area contributed by atoms with Gasteiger partial charge in [-0.05, 0) is 119 Å². The average molecular weight is 949 g/mol. The lowest BCUT2D eigenvalue weighted by molar-refractivity contribution is 0.661. The SMILES string of the molecule is CC1(C)c2cc(N(c3ccccc3)c3cnc4ccccc4c3)ccc2-c2cc3c(N(c4ccccc4)c4cnc5ccccc5c4)c4ccccc4c(N(c4ccccc4)c4cnc5ccccc5c4)c3cc21. The van der Waals surface area contributed by atoms with Crippen LogP contribution in [-0.2, 0) is 5.41 Å². The normalized spacial score (nSPS) is 12.6. The van der Waals surface area contributed by atoms with E-state index in [0.717, 1.165) is 105 Å². The Bertz CT molecular complexity index is 4310. The van der Waals surface area contributed by atoms with E-state index >= 15 is 0 Å². The standard InChI is InChI=1S/C68H48N6/c1-68(2)61-39-51(72(48-23-6-3-7-24-48)52-36-45-20-12-17-31-63(45)69-42-52)34-35-55(61)58-40-59-60(41-62(58)68)67(74(50-27-10-5-11-28-50)54-38-47-22-14-19-33-65(47)71-44-54)57-30-16-15-29-56(57)66(59)73(49-25-8-4-9-26-49)53-37-46-21-13-18-32-64(46)70-43-53/h3-44H,1-2H3. The molecule has 3 aromatic heterocycles. The monoisotopic (exact) mass is 948 g/mol. The Hall–Kier alpha value is -9.65. The number of anilines is 9. The Balaban J connectivity index is 1.07. The molecule has 14 rings (SSSR count). The van der Waals surface area contributed by atoms with Gasteiger partial charge in [-0.2, -0.15) is 0 Å². The third-order valence-electron chi connectivity index (χ3n) is 15.0. The number of para-hydroxylation sites is 6. The maximum absolute atomic E-state index is 5.09. The van der Waals surface area contributed by atoms with Crippen molar-refractivity contribution in [1.29, 1.82) is 0 Å². The number of aromatic nitrogens is 3. The van der Waals surface area contributed by atoms with E-state index in [1.165, 1.54) is 22.3 Å². The smallest absolute Gasteiger partial charge is 0.0703 e. The van der Waals surface area contributed by atoms with Gasteiger partial charge < -0.3 is 14.7 Å². The molecule has 0 atom stereocenters. The van der Waals surface area contributed by atoms with Crippen LogP contribution < -0.4 is 14.7 Å². The third kappa shape index (κ3) is 7.06. The Morgan fingerprint density at radius 3 is 1.14 bits per heavy atom. The summed E-state index contributed by atoms with van der Waals surface area (Å²) >= 11 is 0. The third-order valence-corrected chi connectivity index (χ3v) is 15.0. The highest BCUT2D eigenvalue weighted by Crippen LogP contribution is 2.57. The van der Waals surface area contributed by atoms with E-state index in [0.29, 0.717) is 0 Å². The van der Waals surface area contributed by atoms with Gasteiger partial charge in [0, 0.05) is 65.9 Å². The van der Waals surface area contributed by atoms with Crippen molar-refractivity contribution in [3.63, 3.8) is 0 Å². The molecule has 1 aliphatic carbocycles. The van der Waals surface area contributed by atoms with Crippen LogP contribution in [0.1, 0.15) is 25.0 Å². The van der Waals surface area contributed by atoms with Crippen molar-refractivity contribution in [2.75, 3.05) is 14.7 Å². The summed E-state index contributed by atoms with van der Waals surface area (Å²) in [6.07, 6.45) is 6.05. The van der Waals surface area contributed by atoms with Gasteiger partial charge in [0.05, 0.1) is 63.6 Å². The fourth-order valence-electron chi connectivity index (χ4n) is 11.5. The van der Waals surface area contributed by atoms with E-state index in [1.54, 1.807) is 0 Å². The molecule has 0 unspecified atom stereocenters. The Morgan fingerprint density at radius 1 is 0.284 bits per heavy atom. The van der Waals surface area contributed by atoms with Crippen LogP contribution in [0.3, 0.4) is 0 Å². The van der Waals surface area contributed by atoms with Crippen molar-refractivity contribution in [1.82, 2.24) is 15.0 Å². The van der Waals surface area contributed by atoms with E-state index in [2.05, 4.69) is 259 Å². The van der Waals surface area contributed by atoms with Gasteiger partial charge in [0.2, 0.25) is 0 Å². The highest BCUT2D eigenvalue weighted by molar-refractivity contribution is 6.24. The van der Waals surface area contributed by atoms with Crippen LogP contribution in [0.2, 0.25) is 0 Å². The number of hydrogen-bond donors (Lipinski definition) is 0. The summed E-state index contributed by atoms with van der Waals surface area (Å²) in [6.45, 7) is 4.77. The van der Waals surface area contributed by atoms with Crippen LogP contribution in [0.5, 0.6) is 0 Å². The van der Waals surface area contributed by atoms with E-state index in [9.17, 15) is 0 Å². The van der Waals surface area contributed by atoms with Crippen molar-refractivity contribution in [2.45, 2.75) is 19.3 Å². The van der Waals surface area contributed by atoms with Gasteiger partial charge >= 0.3 is 0 Å². The molecule has 6 nitrogen and oxygen atoms in total. The highest BCUT2D eigenvalue weighted by Gasteiger charge is 2.38. The summed E-state index contributed by atoms with van der Waals surface area (Å²) in [4.78, 5) is 22.3. The zero-order chi connectivity index (χ0) is 49.3. The van der Waals surface area contributed by atoms with E-state index in [4.69, 9.17) is 15.0 Å². The molecule has 350 valence electrons. The number of rotatable bonds is 9. The summed E-state index contributed by atoms with van der Waals surface area (Å²) < 4.78 is 0. The van der Waals surface area contributed by atoms with Gasteiger partial charge in [0.25, 0.3) is 0 Å². The fraction of sp³-hybridized carbons (Fsp3) is 0.0441. The van der Waals surface area contributed by atoms with Crippen LogP contribution in [-0.4, -0.2) is 15.0 Å². The second kappa shape index (κ2) is 17.3. The molecule has 3 heterocycles. The number of pyridine rings is 3. The molecule has 0 amide bonds. The first-order valence-corrected chi connectivity index (χ1v) is 25.2. The van der Waals surface area contributed by atoms with Crippen LogP contribution >= 0.6 is 0 Å². The quantitative estimate of drug-likeness (QED) is 0.106. The number of nitrogens with zero attached hydrogens (tertiary/aromatic N) is 6. The summed E-state index contributed by atoms with van der Waals surface area (Å²) in [7, 11) is 0. The fourth-order valence-corrected chi connectivity index (χ4v) is 11.5. The number of hydrogen-bond acceptors (Lipinski definition) is 6. The van der Waals surface area contributed by atoms with E-state index < -0.39 is 5.41 Å². The lowest BCUT2D eigenvalue weighted by Gasteiger charge is -2.33. The topological polar surface area (TPSA) is 48.4 Å². The second-order valence-electron chi connectivity index (χ2n) is 19.7. The Morgan fingerprint density at radius 2 is 0.662 bits per heavy atom. The molecule has 0 aliphatic heterocycles. The van der Waals surface area contributed by atoms with Crippen LogP contribution in [0.15, 0.2) is 255 Å². The van der Waals surface area contributed by atoms with Crippen molar-refractivity contribution >= 4 is 105 Å². The molecule has 0 bridgehead atoms. The van der Waals surface area contributed by atoms with E-state index in [-0.39, 0.29) is 0 Å². The first kappa shape index (κ1) is 43.2. The molecule has 0 spiro atoms. The van der Waals surface area contributed by atoms with Crippen molar-refractivity contribution in [2.24, 2.45) is 0 Å². The van der Waals surface area contributed by atoms with Gasteiger partial charge in [-0.1, -0.05) is 153 Å². The maximum Gasteiger partial charge on any atom is 0.0703 e. The van der Waals surface area contributed by atoms with Crippen molar-refractivity contribution < 1.29 is 0 Å². The molecule has 0 radical (unpaired) electrons. The molecule has 0 saturated carbocycles. The molecule has 0 N–H and O–H groups in total. The largest absolute Gasteiger partial charge is 0.309 e. The highest BCUT2D eigenvalue weighted by atomic mass is 15.2. The number of benzene rings is 10. The molecular weight excluding hydrogens is 901 g/mol. The lowest BCUT2D eigenvalue weighted by atomic mass is 9.81. The molecular formula is C68H48N6. The summed E-state index contributed by atoms with van der Waals surface area (Å²) in [5.41, 5.74) is 16.8. The van der Waals surface area contributed by atoms with Crippen molar-refractivity contribution in [3.05, 3.63) is 266 Å². The summed E-state index contributed by atoms with van der Waals surface area (Å²) in [6, 6.07) is 85.0. The lowest BCUT2D eigenvalue weighted by Crippen LogP contribution is -2.17. The minimum Gasteiger partial charge on any atom is -0.309 e. The van der Waals surface area contributed by atoms with Gasteiger partial charge in [-0.15, -0.1) is 0 Å². The van der Waals surface area contributed by atoms with Crippen LogP contribution in [0.25, 0.3) is 65.4 Å². The minimum atomic E-state index is -0.397. The van der Waals surface area contributed by atoms with Crippen LogP contribution in [0.4, 0.5) is 51.2 Å². The molecule has 74 heavy (non-hydrogen) atoms. The molecule has 6 heteroatoms. The number of fused-ring (bicyclic) bond motifs is 8. The van der Waals surface area contributed by atoms with Gasteiger partial charge in [-0.3, -0.25) is 15.0 Å². The molecule has 10 aromatic carbocycles.